The largest absolute Gasteiger partial charge is 0.491 e. The van der Waals surface area contributed by atoms with Gasteiger partial charge in [-0.05, 0) is 24.3 Å². The fourth-order valence-electron chi connectivity index (χ4n) is 2.89. The van der Waals surface area contributed by atoms with Gasteiger partial charge in [0.2, 0.25) is 5.91 Å². The number of amides is 1. The number of anilines is 1. The molecule has 0 atom stereocenters. The lowest BCUT2D eigenvalue weighted by atomic mass is 10.3. The Morgan fingerprint density at radius 2 is 1.81 bits per heavy atom. The smallest absolute Gasteiger partial charge is 0.238 e. The molecular weight excluding hydrogens is 387 g/mol. The molecule has 1 aromatic carbocycles. The molecule has 1 fully saturated rings. The van der Waals surface area contributed by atoms with Gasteiger partial charge in [0.25, 0.3) is 0 Å². The predicted molar refractivity (Wildman–Crippen MR) is 108 cm³/mol. The van der Waals surface area contributed by atoms with Gasteiger partial charge in [-0.25, -0.2) is 4.98 Å². The molecule has 1 aliphatic heterocycles. The highest BCUT2D eigenvalue weighted by molar-refractivity contribution is 6.32. The topological polar surface area (TPSA) is 57.7 Å². The molecule has 0 saturated carbocycles. The van der Waals surface area contributed by atoms with Crippen molar-refractivity contribution < 1.29 is 9.53 Å². The molecule has 8 heteroatoms. The first-order valence-corrected chi connectivity index (χ1v) is 9.60. The van der Waals surface area contributed by atoms with Gasteiger partial charge < -0.3 is 10.1 Å². The number of aromatic nitrogens is 1. The van der Waals surface area contributed by atoms with Gasteiger partial charge in [0.15, 0.2) is 5.15 Å². The Kier molecular flexibility index (Phi) is 7.29. The van der Waals surface area contributed by atoms with E-state index in [1.165, 1.54) is 0 Å². The highest BCUT2D eigenvalue weighted by atomic mass is 35.5. The number of halogens is 2. The van der Waals surface area contributed by atoms with Crippen molar-refractivity contribution in [3.63, 3.8) is 0 Å². The van der Waals surface area contributed by atoms with Crippen molar-refractivity contribution in [2.75, 3.05) is 51.2 Å². The normalized spacial score (nSPS) is 15.5. The molecule has 6 nitrogen and oxygen atoms in total. The Morgan fingerprint density at radius 1 is 1.07 bits per heavy atom. The van der Waals surface area contributed by atoms with Gasteiger partial charge in [-0.1, -0.05) is 35.3 Å². The molecule has 2 heterocycles. The van der Waals surface area contributed by atoms with E-state index in [9.17, 15) is 4.79 Å². The lowest BCUT2D eigenvalue weighted by Gasteiger charge is -2.34. The highest BCUT2D eigenvalue weighted by Crippen LogP contribution is 2.23. The molecule has 0 bridgehead atoms. The first kappa shape index (κ1) is 19.9. The highest BCUT2D eigenvalue weighted by Gasteiger charge is 2.19. The minimum Gasteiger partial charge on any atom is -0.491 e. The summed E-state index contributed by atoms with van der Waals surface area (Å²) in [5, 5.41) is 3.73. The van der Waals surface area contributed by atoms with Crippen molar-refractivity contribution in [1.82, 2.24) is 14.8 Å². The van der Waals surface area contributed by atoms with Crippen LogP contribution in [0, 0.1) is 0 Å². The van der Waals surface area contributed by atoms with Crippen molar-refractivity contribution in [3.05, 3.63) is 52.8 Å². The number of piperazine rings is 1. The van der Waals surface area contributed by atoms with E-state index in [1.807, 2.05) is 24.3 Å². The molecule has 0 radical (unpaired) electrons. The number of rotatable bonds is 7. The first-order chi connectivity index (χ1) is 13.1. The van der Waals surface area contributed by atoms with Gasteiger partial charge in [0, 0.05) is 38.9 Å². The second kappa shape index (κ2) is 9.90. The van der Waals surface area contributed by atoms with Crippen molar-refractivity contribution in [3.8, 4) is 5.75 Å². The van der Waals surface area contributed by atoms with Crippen LogP contribution in [-0.4, -0.2) is 66.6 Å². The Bertz CT molecular complexity index is 767. The summed E-state index contributed by atoms with van der Waals surface area (Å²) in [4.78, 5) is 20.6. The van der Waals surface area contributed by atoms with Crippen LogP contribution in [0.3, 0.4) is 0 Å². The molecule has 1 amide bonds. The lowest BCUT2D eigenvalue weighted by molar-refractivity contribution is -0.117. The number of para-hydroxylation sites is 1. The molecule has 0 unspecified atom stereocenters. The summed E-state index contributed by atoms with van der Waals surface area (Å²) >= 11 is 12.1. The zero-order valence-corrected chi connectivity index (χ0v) is 16.4. The van der Waals surface area contributed by atoms with Crippen molar-refractivity contribution in [2.24, 2.45) is 0 Å². The second-order valence-corrected chi connectivity index (χ2v) is 7.05. The molecule has 144 valence electrons. The second-order valence-electron chi connectivity index (χ2n) is 6.29. The lowest BCUT2D eigenvalue weighted by Crippen LogP contribution is -2.49. The number of pyridine rings is 1. The van der Waals surface area contributed by atoms with Crippen LogP contribution in [-0.2, 0) is 4.79 Å². The van der Waals surface area contributed by atoms with Crippen LogP contribution in [0.2, 0.25) is 10.2 Å². The van der Waals surface area contributed by atoms with Gasteiger partial charge in [-0.3, -0.25) is 14.6 Å². The molecule has 1 aliphatic rings. The van der Waals surface area contributed by atoms with Crippen LogP contribution in [0.1, 0.15) is 0 Å². The van der Waals surface area contributed by atoms with E-state index >= 15 is 0 Å². The number of nitrogens with zero attached hydrogens (tertiary/aromatic N) is 3. The molecule has 3 rings (SSSR count). The third-order valence-corrected chi connectivity index (χ3v) is 4.98. The van der Waals surface area contributed by atoms with Gasteiger partial charge in [-0.2, -0.15) is 0 Å². The van der Waals surface area contributed by atoms with Gasteiger partial charge >= 0.3 is 0 Å². The number of ether oxygens (including phenoxy) is 1. The van der Waals surface area contributed by atoms with Crippen molar-refractivity contribution in [1.29, 1.82) is 0 Å². The van der Waals surface area contributed by atoms with Crippen LogP contribution < -0.4 is 10.1 Å². The summed E-state index contributed by atoms with van der Waals surface area (Å²) < 4.78 is 5.74. The van der Waals surface area contributed by atoms with Crippen molar-refractivity contribution >= 4 is 34.8 Å². The SMILES string of the molecule is O=C(CN1CCN(CCOc2ccccc2Cl)CC1)Nc1cccnc1Cl. The minimum absolute atomic E-state index is 0.0830. The fraction of sp³-hybridized carbons (Fsp3) is 0.368. The van der Waals surface area contributed by atoms with E-state index in [2.05, 4.69) is 20.1 Å². The third-order valence-electron chi connectivity index (χ3n) is 4.37. The Morgan fingerprint density at radius 3 is 2.56 bits per heavy atom. The molecule has 1 N–H and O–H groups in total. The summed E-state index contributed by atoms with van der Waals surface area (Å²) in [6.07, 6.45) is 1.59. The maximum Gasteiger partial charge on any atom is 0.238 e. The van der Waals surface area contributed by atoms with Crippen LogP contribution >= 0.6 is 23.2 Å². The minimum atomic E-state index is -0.0830. The number of benzene rings is 1. The van der Waals surface area contributed by atoms with Crippen molar-refractivity contribution in [2.45, 2.75) is 0 Å². The van der Waals surface area contributed by atoms with Crippen LogP contribution in [0.5, 0.6) is 5.75 Å². The molecule has 1 aromatic heterocycles. The first-order valence-electron chi connectivity index (χ1n) is 8.84. The molecule has 27 heavy (non-hydrogen) atoms. The maximum absolute atomic E-state index is 12.2. The zero-order valence-electron chi connectivity index (χ0n) is 14.9. The summed E-state index contributed by atoms with van der Waals surface area (Å²) in [7, 11) is 0. The summed E-state index contributed by atoms with van der Waals surface area (Å²) in [5.74, 6) is 0.629. The Labute approximate surface area is 169 Å². The molecule has 0 spiro atoms. The van der Waals surface area contributed by atoms with Gasteiger partial charge in [0.05, 0.1) is 17.3 Å². The summed E-state index contributed by atoms with van der Waals surface area (Å²) in [6, 6.07) is 11.0. The van der Waals surface area contributed by atoms with E-state index in [1.54, 1.807) is 18.3 Å². The van der Waals surface area contributed by atoms with E-state index in [0.29, 0.717) is 34.8 Å². The molecular formula is C19H22Cl2N4O2. The number of hydrogen-bond acceptors (Lipinski definition) is 5. The average Bonchev–Trinajstić information content (AvgIpc) is 2.66. The molecule has 2 aromatic rings. The third kappa shape index (κ3) is 6.07. The Hall–Kier alpha value is -1.86. The van der Waals surface area contributed by atoms with Crippen LogP contribution in [0.25, 0.3) is 0 Å². The number of hydrogen-bond donors (Lipinski definition) is 1. The zero-order chi connectivity index (χ0) is 19.1. The predicted octanol–water partition coefficient (Wildman–Crippen LogP) is 3.02. The number of carbonyl (C=O) groups is 1. The van der Waals surface area contributed by atoms with Gasteiger partial charge in [-0.15, -0.1) is 0 Å². The maximum atomic E-state index is 12.2. The van der Waals surface area contributed by atoms with Crippen LogP contribution in [0.15, 0.2) is 42.6 Å². The van der Waals surface area contributed by atoms with Gasteiger partial charge in [0.1, 0.15) is 12.4 Å². The summed E-state index contributed by atoms with van der Waals surface area (Å²) in [5.41, 5.74) is 0.541. The van der Waals surface area contributed by atoms with E-state index in [-0.39, 0.29) is 5.91 Å². The summed E-state index contributed by atoms with van der Waals surface area (Å²) in [6.45, 7) is 5.22. The molecule has 0 aliphatic carbocycles. The number of nitrogens with one attached hydrogen (secondary N) is 1. The van der Waals surface area contributed by atoms with E-state index < -0.39 is 0 Å². The molecule has 1 saturated heterocycles. The van der Waals surface area contributed by atoms with E-state index in [0.717, 1.165) is 32.7 Å². The van der Waals surface area contributed by atoms with Crippen LogP contribution in [0.4, 0.5) is 5.69 Å². The fourth-order valence-corrected chi connectivity index (χ4v) is 3.25. The van der Waals surface area contributed by atoms with E-state index in [4.69, 9.17) is 27.9 Å². The monoisotopic (exact) mass is 408 g/mol. The average molecular weight is 409 g/mol. The number of carbonyl (C=O) groups excluding carboxylic acids is 1. The Balaban J connectivity index is 1.36. The standard InChI is InChI=1S/C19H22Cl2N4O2/c20-15-4-1-2-6-17(15)27-13-12-24-8-10-25(11-9-24)14-18(26)23-16-5-3-7-22-19(16)21/h1-7H,8-14H2,(H,23,26). The quantitative estimate of drug-likeness (QED) is 0.713.